The quantitative estimate of drug-likeness (QED) is 0.0721. The molecule has 2 heterocycles. The lowest BCUT2D eigenvalue weighted by molar-refractivity contribution is -0.125. The van der Waals surface area contributed by atoms with E-state index in [-0.39, 0.29) is 12.5 Å². The minimum absolute atomic E-state index is 0.155. The van der Waals surface area contributed by atoms with Crippen LogP contribution in [0.4, 0.5) is 11.4 Å². The third kappa shape index (κ3) is 10.0. The molecule has 0 radical (unpaired) electrons. The molecule has 0 spiro atoms. The van der Waals surface area contributed by atoms with Crippen LogP contribution in [0.1, 0.15) is 101 Å². The Morgan fingerprint density at radius 2 is 1.46 bits per heavy atom. The van der Waals surface area contributed by atoms with Gasteiger partial charge < -0.3 is 10.1 Å². The molecule has 1 aromatic heterocycles. The van der Waals surface area contributed by atoms with E-state index in [0.29, 0.717) is 28.2 Å². The van der Waals surface area contributed by atoms with Gasteiger partial charge in [0.25, 0.3) is 23.6 Å². The highest BCUT2D eigenvalue weighted by molar-refractivity contribution is 6.27. The number of imidazole rings is 1. The van der Waals surface area contributed by atoms with Gasteiger partial charge in [-0.1, -0.05) is 108 Å². The number of carbonyl (C=O) groups excluding carboxylic acids is 4. The van der Waals surface area contributed by atoms with Gasteiger partial charge in [-0.2, -0.15) is 0 Å². The Morgan fingerprint density at radius 3 is 2.16 bits per heavy atom. The van der Waals surface area contributed by atoms with Crippen molar-refractivity contribution in [3.05, 3.63) is 84.7 Å². The van der Waals surface area contributed by atoms with Gasteiger partial charge in [0.15, 0.2) is 12.5 Å². The highest BCUT2D eigenvalue weighted by Gasteiger charge is 2.46. The summed E-state index contributed by atoms with van der Waals surface area (Å²) < 4.78 is 6.99. The van der Waals surface area contributed by atoms with Crippen LogP contribution < -0.4 is 20.5 Å². The van der Waals surface area contributed by atoms with Crippen molar-refractivity contribution >= 4 is 46.0 Å². The number of hydrogen-bond donors (Lipinski definition) is 2. The van der Waals surface area contributed by atoms with E-state index in [0.717, 1.165) is 17.9 Å². The van der Waals surface area contributed by atoms with E-state index in [1.807, 2.05) is 18.2 Å². The summed E-state index contributed by atoms with van der Waals surface area (Å²) in [7, 11) is 0. The standard InChI is InChI=1S/C40H49N5O5/c1-2-3-4-5-6-7-8-9-10-11-12-13-14-18-30-19-17-20-33(27-30)50-28-36(46)42-31-23-25-32(26-24-31)45-40(49)37(38(47)43-45)39(48)44-29-41-34-21-15-16-22-35(34)44/h15-17,19-27,29,37H,2-14,18,28H2,1H3,(H,42,46)(H,43,47). The Hall–Kier alpha value is -4.99. The number of fused-ring (bicyclic) bond motifs is 1. The number of hydrogen-bond acceptors (Lipinski definition) is 6. The first-order valence-corrected chi connectivity index (χ1v) is 18.2. The molecular weight excluding hydrogens is 630 g/mol. The van der Waals surface area contributed by atoms with Gasteiger partial charge >= 0.3 is 0 Å². The van der Waals surface area contributed by atoms with E-state index in [1.165, 1.54) is 93.5 Å². The van der Waals surface area contributed by atoms with Crippen molar-refractivity contribution < 1.29 is 23.9 Å². The zero-order valence-corrected chi connectivity index (χ0v) is 29.1. The minimum atomic E-state index is -1.54. The fourth-order valence-corrected chi connectivity index (χ4v) is 6.33. The molecule has 10 nitrogen and oxygen atoms in total. The first kappa shape index (κ1) is 36.3. The molecule has 0 aliphatic carbocycles. The summed E-state index contributed by atoms with van der Waals surface area (Å²) >= 11 is 0. The summed E-state index contributed by atoms with van der Waals surface area (Å²) in [6.45, 7) is 2.11. The van der Waals surface area contributed by atoms with Crippen LogP contribution in [0.15, 0.2) is 79.1 Å². The van der Waals surface area contributed by atoms with Gasteiger partial charge in [-0.05, 0) is 66.9 Å². The van der Waals surface area contributed by atoms with Gasteiger partial charge in [-0.15, -0.1) is 0 Å². The normalized spacial score (nSPS) is 14.3. The fourth-order valence-electron chi connectivity index (χ4n) is 6.33. The maximum Gasteiger partial charge on any atom is 0.268 e. The Kier molecular flexibility index (Phi) is 13.6. The van der Waals surface area contributed by atoms with E-state index in [4.69, 9.17) is 4.74 Å². The number of nitrogens with one attached hydrogen (secondary N) is 2. The van der Waals surface area contributed by atoms with E-state index in [2.05, 4.69) is 28.7 Å². The molecule has 1 fully saturated rings. The number of benzene rings is 3. The van der Waals surface area contributed by atoms with Crippen LogP contribution in [0, 0.1) is 5.92 Å². The molecule has 50 heavy (non-hydrogen) atoms. The largest absolute Gasteiger partial charge is 0.484 e. The van der Waals surface area contributed by atoms with Crippen molar-refractivity contribution in [2.24, 2.45) is 5.92 Å². The SMILES string of the molecule is CCCCCCCCCCCCCCCc1cccc(OCC(=O)Nc2ccc(N3NC(=O)C(C(=O)n4cnc5ccccc54)C3=O)cc2)c1. The van der Waals surface area contributed by atoms with E-state index >= 15 is 0 Å². The monoisotopic (exact) mass is 679 g/mol. The number of unbranched alkanes of at least 4 members (excludes halogenated alkanes) is 12. The lowest BCUT2D eigenvalue weighted by Gasteiger charge is -2.16. The third-order valence-corrected chi connectivity index (χ3v) is 9.14. The topological polar surface area (TPSA) is 123 Å². The average Bonchev–Trinajstić information content (AvgIpc) is 3.69. The second kappa shape index (κ2) is 18.7. The van der Waals surface area contributed by atoms with E-state index in [9.17, 15) is 19.2 Å². The molecule has 1 unspecified atom stereocenters. The molecule has 1 atom stereocenters. The van der Waals surface area contributed by atoms with Crippen LogP contribution in [-0.4, -0.2) is 39.8 Å². The smallest absolute Gasteiger partial charge is 0.268 e. The van der Waals surface area contributed by atoms with Crippen LogP contribution in [0.5, 0.6) is 5.75 Å². The molecule has 264 valence electrons. The van der Waals surface area contributed by atoms with Crippen molar-refractivity contribution in [2.45, 2.75) is 96.8 Å². The zero-order chi connectivity index (χ0) is 35.1. The molecule has 5 rings (SSSR count). The molecule has 3 amide bonds. The average molecular weight is 680 g/mol. The van der Waals surface area contributed by atoms with Gasteiger partial charge in [0, 0.05) is 5.69 Å². The van der Waals surface area contributed by atoms with Crippen LogP contribution >= 0.6 is 0 Å². The van der Waals surface area contributed by atoms with Crippen molar-refractivity contribution in [2.75, 3.05) is 16.9 Å². The summed E-state index contributed by atoms with van der Waals surface area (Å²) in [5.74, 6) is -3.32. The maximum absolute atomic E-state index is 13.2. The predicted octanol–water partition coefficient (Wildman–Crippen LogP) is 8.02. The van der Waals surface area contributed by atoms with Crippen LogP contribution in [0.3, 0.4) is 0 Å². The van der Waals surface area contributed by atoms with Crippen molar-refractivity contribution in [1.29, 1.82) is 0 Å². The number of hydrazine groups is 1. The number of para-hydroxylation sites is 2. The Morgan fingerprint density at radius 1 is 0.800 bits per heavy atom. The predicted molar refractivity (Wildman–Crippen MR) is 196 cm³/mol. The fraction of sp³-hybridized carbons (Fsp3) is 0.425. The maximum atomic E-state index is 13.2. The number of nitrogens with zero attached hydrogens (tertiary/aromatic N) is 3. The first-order chi connectivity index (χ1) is 24.4. The van der Waals surface area contributed by atoms with Gasteiger partial charge in [-0.25, -0.2) is 9.99 Å². The van der Waals surface area contributed by atoms with Crippen LogP contribution in [0.2, 0.25) is 0 Å². The second-order valence-corrected chi connectivity index (χ2v) is 13.0. The number of ether oxygens (including phenoxy) is 1. The Bertz CT molecular complexity index is 1730. The second-order valence-electron chi connectivity index (χ2n) is 13.0. The number of aromatic nitrogens is 2. The van der Waals surface area contributed by atoms with Crippen LogP contribution in [-0.2, 0) is 20.8 Å². The number of rotatable bonds is 20. The molecule has 4 aromatic rings. The van der Waals surface area contributed by atoms with Crippen LogP contribution in [0.25, 0.3) is 11.0 Å². The molecule has 3 aromatic carbocycles. The minimum Gasteiger partial charge on any atom is -0.484 e. The highest BCUT2D eigenvalue weighted by Crippen LogP contribution is 2.25. The van der Waals surface area contributed by atoms with Crippen molar-refractivity contribution in [3.63, 3.8) is 0 Å². The number of amides is 3. The molecule has 2 N–H and O–H groups in total. The molecular formula is C40H49N5O5. The molecule has 10 heteroatoms. The Labute approximate surface area is 294 Å². The summed E-state index contributed by atoms with van der Waals surface area (Å²) in [6.07, 6.45) is 19.6. The third-order valence-electron chi connectivity index (χ3n) is 9.14. The van der Waals surface area contributed by atoms with Gasteiger partial charge in [0.05, 0.1) is 16.7 Å². The number of carbonyl (C=O) groups is 4. The van der Waals surface area contributed by atoms with E-state index in [1.54, 1.807) is 48.5 Å². The molecule has 0 bridgehead atoms. The first-order valence-electron chi connectivity index (χ1n) is 18.2. The molecule has 1 saturated heterocycles. The number of aryl methyl sites for hydroxylation is 1. The zero-order valence-electron chi connectivity index (χ0n) is 29.1. The van der Waals surface area contributed by atoms with Crippen molar-refractivity contribution in [3.8, 4) is 5.75 Å². The molecule has 0 saturated carbocycles. The van der Waals surface area contributed by atoms with Crippen molar-refractivity contribution in [1.82, 2.24) is 15.0 Å². The molecule has 1 aliphatic rings. The number of anilines is 2. The highest BCUT2D eigenvalue weighted by atomic mass is 16.5. The summed E-state index contributed by atoms with van der Waals surface area (Å²) in [5, 5.41) is 3.83. The van der Waals surface area contributed by atoms with Gasteiger partial charge in [0.2, 0.25) is 0 Å². The van der Waals surface area contributed by atoms with Gasteiger partial charge in [-0.3, -0.25) is 29.2 Å². The summed E-state index contributed by atoms with van der Waals surface area (Å²) in [5.41, 5.74) is 5.63. The van der Waals surface area contributed by atoms with Gasteiger partial charge in [0.1, 0.15) is 12.1 Å². The summed E-state index contributed by atoms with van der Waals surface area (Å²) in [6, 6.07) is 21.3. The lowest BCUT2D eigenvalue weighted by Crippen LogP contribution is -2.36. The summed E-state index contributed by atoms with van der Waals surface area (Å²) in [4.78, 5) is 55.9. The Balaban J connectivity index is 0.997. The lowest BCUT2D eigenvalue weighted by atomic mass is 10.0. The molecule has 1 aliphatic heterocycles. The van der Waals surface area contributed by atoms with E-state index < -0.39 is 23.6 Å².